The maximum Gasteiger partial charge on any atom is 0.193 e. The van der Waals surface area contributed by atoms with Crippen LogP contribution in [0.3, 0.4) is 0 Å². The maximum absolute atomic E-state index is 5.62. The second-order valence-corrected chi connectivity index (χ2v) is 7.10. The van der Waals surface area contributed by atoms with E-state index in [2.05, 4.69) is 31.0 Å². The smallest absolute Gasteiger partial charge is 0.193 e. The Hall–Kier alpha value is -0.0400. The summed E-state index contributed by atoms with van der Waals surface area (Å²) < 4.78 is 5.62. The van der Waals surface area contributed by atoms with Crippen LogP contribution in [-0.4, -0.2) is 50.3 Å². The molecule has 2 heterocycles. The van der Waals surface area contributed by atoms with Crippen molar-refractivity contribution in [1.82, 2.24) is 10.2 Å². The molecule has 2 rings (SSSR count). The molecule has 2 aliphatic heterocycles. The average Bonchev–Trinajstić information content (AvgIpc) is 3.08. The Morgan fingerprint density at radius 1 is 1.32 bits per heavy atom. The summed E-state index contributed by atoms with van der Waals surface area (Å²) in [5.74, 6) is 1.92. The van der Waals surface area contributed by atoms with Gasteiger partial charge in [0, 0.05) is 38.2 Å². The maximum atomic E-state index is 5.62. The molecule has 0 aromatic rings. The van der Waals surface area contributed by atoms with Crippen LogP contribution in [-0.2, 0) is 4.74 Å². The molecule has 0 aromatic carbocycles. The zero-order valence-electron chi connectivity index (χ0n) is 14.6. The van der Waals surface area contributed by atoms with Gasteiger partial charge in [0.25, 0.3) is 0 Å². The molecule has 5 heteroatoms. The zero-order chi connectivity index (χ0) is 15.1. The van der Waals surface area contributed by atoms with Crippen molar-refractivity contribution in [2.45, 2.75) is 52.9 Å². The number of aliphatic imine (C=N–C) groups is 1. The van der Waals surface area contributed by atoms with Crippen molar-refractivity contribution >= 4 is 29.9 Å². The van der Waals surface area contributed by atoms with Gasteiger partial charge in [0.2, 0.25) is 0 Å². The molecule has 2 saturated heterocycles. The lowest BCUT2D eigenvalue weighted by atomic mass is 9.87. The van der Waals surface area contributed by atoms with Gasteiger partial charge in [0.05, 0.1) is 6.61 Å². The highest BCUT2D eigenvalue weighted by Gasteiger charge is 2.42. The van der Waals surface area contributed by atoms with Gasteiger partial charge in [-0.2, -0.15) is 0 Å². The fourth-order valence-corrected chi connectivity index (χ4v) is 3.36. The van der Waals surface area contributed by atoms with Crippen molar-refractivity contribution in [3.05, 3.63) is 0 Å². The molecule has 0 aliphatic carbocycles. The van der Waals surface area contributed by atoms with Gasteiger partial charge in [0.15, 0.2) is 5.96 Å². The zero-order valence-corrected chi connectivity index (χ0v) is 16.9. The van der Waals surface area contributed by atoms with Crippen LogP contribution in [0.15, 0.2) is 4.99 Å². The molecule has 0 amide bonds. The van der Waals surface area contributed by atoms with Crippen molar-refractivity contribution in [3.8, 4) is 0 Å². The van der Waals surface area contributed by atoms with Gasteiger partial charge in [-0.1, -0.05) is 26.7 Å². The molecule has 0 aromatic heterocycles. The Labute approximate surface area is 153 Å². The largest absolute Gasteiger partial charge is 0.381 e. The van der Waals surface area contributed by atoms with Gasteiger partial charge in [0.1, 0.15) is 0 Å². The van der Waals surface area contributed by atoms with Crippen LogP contribution in [0.5, 0.6) is 0 Å². The summed E-state index contributed by atoms with van der Waals surface area (Å²) in [6.07, 6.45) is 6.28. The van der Waals surface area contributed by atoms with Gasteiger partial charge in [-0.05, 0) is 32.1 Å². The molecule has 1 unspecified atom stereocenters. The second-order valence-electron chi connectivity index (χ2n) is 7.10. The summed E-state index contributed by atoms with van der Waals surface area (Å²) in [6, 6.07) is 0. The number of unbranched alkanes of at least 4 members (excludes halogenated alkanes) is 1. The Kier molecular flexibility index (Phi) is 9.05. The number of nitrogens with zero attached hydrogens (tertiary/aromatic N) is 2. The third-order valence-electron chi connectivity index (χ3n) is 4.71. The van der Waals surface area contributed by atoms with Crippen molar-refractivity contribution in [1.29, 1.82) is 0 Å². The Bertz CT molecular complexity index is 341. The molecular weight excluding hydrogens is 389 g/mol. The molecule has 0 radical (unpaired) electrons. The van der Waals surface area contributed by atoms with Crippen molar-refractivity contribution in [3.63, 3.8) is 0 Å². The van der Waals surface area contributed by atoms with Crippen molar-refractivity contribution < 1.29 is 4.74 Å². The van der Waals surface area contributed by atoms with E-state index in [4.69, 9.17) is 9.73 Å². The summed E-state index contributed by atoms with van der Waals surface area (Å²) in [5.41, 5.74) is 0.411. The molecule has 22 heavy (non-hydrogen) atoms. The van der Waals surface area contributed by atoms with E-state index < -0.39 is 0 Å². The van der Waals surface area contributed by atoms with Crippen LogP contribution in [0, 0.1) is 11.3 Å². The first-order chi connectivity index (χ1) is 10.2. The number of guanidine groups is 1. The standard InChI is InChI=1S/C17H33N3O.HI/c1-4-18-16(19-10-6-5-7-15(2)3)20-11-8-17(13-20)9-12-21-14-17;/h15H,4-14H2,1-3H3,(H,18,19);1H. The predicted octanol–water partition coefficient (Wildman–Crippen LogP) is 3.51. The number of rotatable bonds is 6. The van der Waals surface area contributed by atoms with Crippen LogP contribution in [0.4, 0.5) is 0 Å². The Balaban J connectivity index is 0.00000242. The highest BCUT2D eigenvalue weighted by molar-refractivity contribution is 14.0. The first-order valence-electron chi connectivity index (χ1n) is 8.76. The first-order valence-corrected chi connectivity index (χ1v) is 8.76. The Morgan fingerprint density at radius 3 is 2.77 bits per heavy atom. The van der Waals surface area contributed by atoms with Gasteiger partial charge in [-0.15, -0.1) is 24.0 Å². The van der Waals surface area contributed by atoms with Crippen LogP contribution in [0.1, 0.15) is 52.9 Å². The fourth-order valence-electron chi connectivity index (χ4n) is 3.36. The summed E-state index contributed by atoms with van der Waals surface area (Å²) in [4.78, 5) is 7.28. The minimum Gasteiger partial charge on any atom is -0.381 e. The van der Waals surface area contributed by atoms with E-state index >= 15 is 0 Å². The van der Waals surface area contributed by atoms with E-state index in [1.807, 2.05) is 0 Å². The monoisotopic (exact) mass is 423 g/mol. The van der Waals surface area contributed by atoms with Crippen LogP contribution in [0.2, 0.25) is 0 Å². The van der Waals surface area contributed by atoms with Crippen LogP contribution < -0.4 is 5.32 Å². The third-order valence-corrected chi connectivity index (χ3v) is 4.71. The topological polar surface area (TPSA) is 36.9 Å². The number of halogens is 1. The minimum absolute atomic E-state index is 0. The normalized spacial score (nSPS) is 25.1. The van der Waals surface area contributed by atoms with E-state index in [-0.39, 0.29) is 24.0 Å². The summed E-state index contributed by atoms with van der Waals surface area (Å²) in [6.45, 7) is 12.8. The molecule has 1 N–H and O–H groups in total. The molecule has 2 aliphatic rings. The lowest BCUT2D eigenvalue weighted by Gasteiger charge is -2.25. The third kappa shape index (κ3) is 5.87. The lowest BCUT2D eigenvalue weighted by Crippen LogP contribution is -2.41. The molecule has 4 nitrogen and oxygen atoms in total. The SMILES string of the molecule is CCNC(=NCCCCC(C)C)N1CCC2(CCOC2)C1.I. The number of hydrogen-bond donors (Lipinski definition) is 1. The molecule has 1 atom stereocenters. The van der Waals surface area contributed by atoms with E-state index in [0.29, 0.717) is 5.41 Å². The molecule has 2 fully saturated rings. The number of likely N-dealkylation sites (tertiary alicyclic amines) is 1. The minimum atomic E-state index is 0. The fraction of sp³-hybridized carbons (Fsp3) is 0.941. The predicted molar refractivity (Wildman–Crippen MR) is 104 cm³/mol. The van der Waals surface area contributed by atoms with Gasteiger partial charge in [-0.3, -0.25) is 4.99 Å². The van der Waals surface area contributed by atoms with Crippen LogP contribution >= 0.6 is 24.0 Å². The quantitative estimate of drug-likeness (QED) is 0.308. The van der Waals surface area contributed by atoms with Crippen LogP contribution in [0.25, 0.3) is 0 Å². The van der Waals surface area contributed by atoms with Gasteiger partial charge < -0.3 is 15.0 Å². The Morgan fingerprint density at radius 2 is 2.14 bits per heavy atom. The van der Waals surface area contributed by atoms with E-state index in [9.17, 15) is 0 Å². The summed E-state index contributed by atoms with van der Waals surface area (Å²) in [7, 11) is 0. The molecule has 130 valence electrons. The highest BCUT2D eigenvalue weighted by atomic mass is 127. The molecule has 1 spiro atoms. The number of nitrogens with one attached hydrogen (secondary N) is 1. The molecule has 0 bridgehead atoms. The van der Waals surface area contributed by atoms with Crippen molar-refractivity contribution in [2.24, 2.45) is 16.3 Å². The number of ether oxygens (including phenoxy) is 1. The average molecular weight is 423 g/mol. The second kappa shape index (κ2) is 9.96. The lowest BCUT2D eigenvalue weighted by molar-refractivity contribution is 0.156. The van der Waals surface area contributed by atoms with Crippen molar-refractivity contribution in [2.75, 3.05) is 39.4 Å². The van der Waals surface area contributed by atoms with E-state index in [0.717, 1.165) is 51.3 Å². The molecule has 0 saturated carbocycles. The van der Waals surface area contributed by atoms with Gasteiger partial charge in [-0.25, -0.2) is 0 Å². The number of hydrogen-bond acceptors (Lipinski definition) is 2. The van der Waals surface area contributed by atoms with E-state index in [1.165, 1.54) is 32.1 Å². The molecular formula is C17H34IN3O. The first kappa shape index (κ1) is 20.0. The van der Waals surface area contributed by atoms with Gasteiger partial charge >= 0.3 is 0 Å². The highest BCUT2D eigenvalue weighted by Crippen LogP contribution is 2.38. The summed E-state index contributed by atoms with van der Waals surface area (Å²) in [5, 5.41) is 3.47. The van der Waals surface area contributed by atoms with E-state index in [1.54, 1.807) is 0 Å². The summed E-state index contributed by atoms with van der Waals surface area (Å²) >= 11 is 0.